The number of nitrogen functional groups attached to an aromatic ring is 1. The number of carbonyl (C=O) groups excluding carboxylic acids is 1. The summed E-state index contributed by atoms with van der Waals surface area (Å²) in [5, 5.41) is 4.09. The molecule has 2 aromatic heterocycles. The molecule has 6 nitrogen and oxygen atoms in total. The van der Waals surface area contributed by atoms with Crippen LogP contribution in [-0.4, -0.2) is 33.5 Å². The molecule has 0 unspecified atom stereocenters. The number of Topliss-reactive ketones (excluding diaryl/α,β-unsaturated/α-hetero) is 1. The van der Waals surface area contributed by atoms with Gasteiger partial charge in [0.15, 0.2) is 17.2 Å². The van der Waals surface area contributed by atoms with E-state index in [2.05, 4.69) is 15.0 Å². The Balaban J connectivity index is 2.14. The normalized spacial score (nSPS) is 15.5. The highest BCUT2D eigenvalue weighted by Crippen LogP contribution is 2.22. The van der Waals surface area contributed by atoms with Crippen molar-refractivity contribution in [2.24, 2.45) is 0 Å². The molecule has 1 aliphatic heterocycles. The first kappa shape index (κ1) is 11.0. The molecule has 0 aromatic carbocycles. The van der Waals surface area contributed by atoms with Crippen LogP contribution in [0.3, 0.4) is 0 Å². The molecule has 1 saturated heterocycles. The summed E-state index contributed by atoms with van der Waals surface area (Å²) in [4.78, 5) is 18.3. The minimum atomic E-state index is -0.103. The summed E-state index contributed by atoms with van der Waals surface area (Å²) in [6, 6.07) is 1.91. The lowest BCUT2D eigenvalue weighted by molar-refractivity contribution is 0.102. The highest BCUT2D eigenvalue weighted by Gasteiger charge is 2.19. The van der Waals surface area contributed by atoms with Crippen molar-refractivity contribution in [3.8, 4) is 0 Å². The molecule has 94 valence electrons. The van der Waals surface area contributed by atoms with E-state index in [0.29, 0.717) is 11.2 Å². The predicted molar refractivity (Wildman–Crippen MR) is 68.9 cm³/mol. The van der Waals surface area contributed by atoms with Gasteiger partial charge in [-0.2, -0.15) is 0 Å². The quantitative estimate of drug-likeness (QED) is 0.802. The smallest absolute Gasteiger partial charge is 0.170 e. The van der Waals surface area contributed by atoms with Crippen LogP contribution in [0, 0.1) is 0 Å². The van der Waals surface area contributed by atoms with Gasteiger partial charge >= 0.3 is 0 Å². The molecular formula is C12H15N5O. The lowest BCUT2D eigenvalue weighted by Crippen LogP contribution is -2.19. The Labute approximate surface area is 104 Å². The fourth-order valence-electron chi connectivity index (χ4n) is 2.40. The standard InChI is InChI=1S/C12H15N5O/c1-8(18)10-11(13)15-17-7-4-9(14-12(10)17)16-5-2-3-6-16/h4,7H,2-3,5-6H2,1H3,(H2,13,15). The van der Waals surface area contributed by atoms with E-state index in [4.69, 9.17) is 5.73 Å². The van der Waals surface area contributed by atoms with E-state index in [-0.39, 0.29) is 11.6 Å². The van der Waals surface area contributed by atoms with Crippen molar-refractivity contribution >= 4 is 23.1 Å². The number of hydrogen-bond acceptors (Lipinski definition) is 5. The fourth-order valence-corrected chi connectivity index (χ4v) is 2.40. The van der Waals surface area contributed by atoms with Gasteiger partial charge in [0.2, 0.25) is 0 Å². The van der Waals surface area contributed by atoms with Crippen molar-refractivity contribution in [3.63, 3.8) is 0 Å². The van der Waals surface area contributed by atoms with Crippen LogP contribution in [0.25, 0.3) is 5.65 Å². The maximum absolute atomic E-state index is 11.6. The molecule has 3 rings (SSSR count). The van der Waals surface area contributed by atoms with Gasteiger partial charge in [-0.15, -0.1) is 5.10 Å². The van der Waals surface area contributed by atoms with Gasteiger partial charge < -0.3 is 10.6 Å². The number of carbonyl (C=O) groups is 1. The van der Waals surface area contributed by atoms with Gasteiger partial charge in [-0.3, -0.25) is 4.79 Å². The molecule has 18 heavy (non-hydrogen) atoms. The zero-order valence-corrected chi connectivity index (χ0v) is 10.3. The van der Waals surface area contributed by atoms with E-state index in [1.54, 1.807) is 10.7 Å². The number of fused-ring (bicyclic) bond motifs is 1. The summed E-state index contributed by atoms with van der Waals surface area (Å²) in [6.45, 7) is 3.52. The van der Waals surface area contributed by atoms with Crippen molar-refractivity contribution in [2.45, 2.75) is 19.8 Å². The second kappa shape index (κ2) is 3.97. The Hall–Kier alpha value is -2.11. The summed E-state index contributed by atoms with van der Waals surface area (Å²) in [6.07, 6.45) is 4.18. The van der Waals surface area contributed by atoms with Gasteiger partial charge in [0.05, 0.1) is 0 Å². The monoisotopic (exact) mass is 245 g/mol. The van der Waals surface area contributed by atoms with Gasteiger partial charge in [0, 0.05) is 19.3 Å². The fraction of sp³-hybridized carbons (Fsp3) is 0.417. The van der Waals surface area contributed by atoms with E-state index < -0.39 is 0 Å². The van der Waals surface area contributed by atoms with Crippen molar-refractivity contribution in [2.75, 3.05) is 23.7 Å². The molecule has 2 aromatic rings. The van der Waals surface area contributed by atoms with Gasteiger partial charge in [-0.05, 0) is 25.8 Å². The Morgan fingerprint density at radius 3 is 2.78 bits per heavy atom. The van der Waals surface area contributed by atoms with Gasteiger partial charge in [-0.25, -0.2) is 9.50 Å². The third kappa shape index (κ3) is 1.61. The molecule has 0 bridgehead atoms. The molecule has 1 fully saturated rings. The summed E-state index contributed by atoms with van der Waals surface area (Å²) >= 11 is 0. The molecule has 3 heterocycles. The number of nitrogens with two attached hydrogens (primary N) is 1. The number of ketones is 1. The molecule has 0 amide bonds. The second-order valence-electron chi connectivity index (χ2n) is 4.56. The second-order valence-corrected chi connectivity index (χ2v) is 4.56. The minimum absolute atomic E-state index is 0.103. The Morgan fingerprint density at radius 2 is 2.11 bits per heavy atom. The molecule has 1 aliphatic rings. The SMILES string of the molecule is CC(=O)c1c(N)nn2ccc(N3CCCC3)nc12. The predicted octanol–water partition coefficient (Wildman–Crippen LogP) is 1.11. The van der Waals surface area contributed by atoms with Crippen LogP contribution in [0.15, 0.2) is 12.3 Å². The summed E-state index contributed by atoms with van der Waals surface area (Å²) in [7, 11) is 0. The lowest BCUT2D eigenvalue weighted by atomic mass is 10.2. The number of hydrogen-bond donors (Lipinski definition) is 1. The number of anilines is 2. The van der Waals surface area contributed by atoms with Crippen LogP contribution in [0.4, 0.5) is 11.6 Å². The van der Waals surface area contributed by atoms with Crippen molar-refractivity contribution in [3.05, 3.63) is 17.8 Å². The summed E-state index contributed by atoms with van der Waals surface area (Å²) in [5.41, 5.74) is 6.71. The van der Waals surface area contributed by atoms with Crippen molar-refractivity contribution < 1.29 is 4.79 Å². The van der Waals surface area contributed by atoms with E-state index in [9.17, 15) is 4.79 Å². The number of nitrogens with zero attached hydrogens (tertiary/aromatic N) is 4. The first-order valence-corrected chi connectivity index (χ1v) is 6.07. The molecule has 0 atom stereocenters. The van der Waals surface area contributed by atoms with E-state index in [1.807, 2.05) is 6.07 Å². The average Bonchev–Trinajstić information content (AvgIpc) is 2.92. The number of aromatic nitrogens is 3. The largest absolute Gasteiger partial charge is 0.382 e. The zero-order valence-electron chi connectivity index (χ0n) is 10.3. The Morgan fingerprint density at radius 1 is 1.39 bits per heavy atom. The Bertz CT molecular complexity index is 612. The van der Waals surface area contributed by atoms with Gasteiger partial charge in [-0.1, -0.05) is 0 Å². The zero-order chi connectivity index (χ0) is 12.7. The van der Waals surface area contributed by atoms with Crippen LogP contribution >= 0.6 is 0 Å². The summed E-state index contributed by atoms with van der Waals surface area (Å²) in [5.74, 6) is 1.03. The third-order valence-corrected chi connectivity index (χ3v) is 3.28. The van der Waals surface area contributed by atoms with Crippen molar-refractivity contribution in [1.82, 2.24) is 14.6 Å². The van der Waals surface area contributed by atoms with Crippen LogP contribution in [0.2, 0.25) is 0 Å². The van der Waals surface area contributed by atoms with E-state index in [0.717, 1.165) is 18.9 Å². The third-order valence-electron chi connectivity index (χ3n) is 3.28. The van der Waals surface area contributed by atoms with Crippen LogP contribution in [0.5, 0.6) is 0 Å². The maximum atomic E-state index is 11.6. The van der Waals surface area contributed by atoms with E-state index in [1.165, 1.54) is 19.8 Å². The molecule has 2 N–H and O–H groups in total. The molecule has 0 saturated carbocycles. The average molecular weight is 245 g/mol. The highest BCUT2D eigenvalue weighted by molar-refractivity contribution is 6.04. The Kier molecular flexibility index (Phi) is 2.43. The molecule has 0 aliphatic carbocycles. The lowest BCUT2D eigenvalue weighted by Gasteiger charge is -2.15. The number of rotatable bonds is 2. The van der Waals surface area contributed by atoms with Gasteiger partial charge in [0.25, 0.3) is 0 Å². The highest BCUT2D eigenvalue weighted by atomic mass is 16.1. The van der Waals surface area contributed by atoms with Crippen LogP contribution in [-0.2, 0) is 0 Å². The van der Waals surface area contributed by atoms with Crippen LogP contribution < -0.4 is 10.6 Å². The van der Waals surface area contributed by atoms with Crippen molar-refractivity contribution in [1.29, 1.82) is 0 Å². The topological polar surface area (TPSA) is 76.5 Å². The molecular weight excluding hydrogens is 230 g/mol. The van der Waals surface area contributed by atoms with Gasteiger partial charge in [0.1, 0.15) is 11.4 Å². The maximum Gasteiger partial charge on any atom is 0.170 e. The molecule has 0 radical (unpaired) electrons. The summed E-state index contributed by atoms with van der Waals surface area (Å²) < 4.78 is 1.56. The molecule has 6 heteroatoms. The molecule has 0 spiro atoms. The van der Waals surface area contributed by atoms with Crippen LogP contribution in [0.1, 0.15) is 30.1 Å². The first-order chi connectivity index (χ1) is 8.66. The van der Waals surface area contributed by atoms with E-state index >= 15 is 0 Å². The first-order valence-electron chi connectivity index (χ1n) is 6.07. The minimum Gasteiger partial charge on any atom is -0.382 e.